The first kappa shape index (κ1) is 21.7. The number of carboxylic acid groups (broad SMARTS) is 1. The number of rotatable bonds is 10. The van der Waals surface area contributed by atoms with E-state index in [0.29, 0.717) is 28.5 Å². The highest BCUT2D eigenvalue weighted by Crippen LogP contribution is 2.26. The quantitative estimate of drug-likeness (QED) is 0.364. The maximum atomic E-state index is 11.0. The molecule has 0 fully saturated rings. The van der Waals surface area contributed by atoms with Crippen LogP contribution in [0.3, 0.4) is 0 Å². The fraction of sp³-hybridized carbons (Fsp3) is 0.125. The molecule has 2 N–H and O–H groups in total. The zero-order valence-electron chi connectivity index (χ0n) is 17.2. The van der Waals surface area contributed by atoms with Crippen LogP contribution in [0.25, 0.3) is 5.70 Å². The molecule has 7 nitrogen and oxygen atoms in total. The topological polar surface area (TPSA) is 86.3 Å². The van der Waals surface area contributed by atoms with Gasteiger partial charge in [-0.25, -0.2) is 0 Å². The maximum Gasteiger partial charge on any atom is 0.307 e. The van der Waals surface area contributed by atoms with Crippen LogP contribution in [-0.2, 0) is 16.1 Å². The van der Waals surface area contributed by atoms with Crippen LogP contribution in [0.4, 0.5) is 0 Å². The predicted molar refractivity (Wildman–Crippen MR) is 116 cm³/mol. The minimum atomic E-state index is -0.938. The van der Waals surface area contributed by atoms with Gasteiger partial charge in [0.25, 0.3) is 0 Å². The van der Waals surface area contributed by atoms with Crippen molar-refractivity contribution in [2.45, 2.75) is 6.42 Å². The van der Waals surface area contributed by atoms with Crippen LogP contribution in [-0.4, -0.2) is 25.3 Å². The third-order valence-electron chi connectivity index (χ3n) is 4.18. The molecule has 3 aromatic rings. The average Bonchev–Trinajstić information content (AvgIpc) is 2.77. The van der Waals surface area contributed by atoms with Crippen LogP contribution in [0.2, 0.25) is 0 Å². The molecule has 0 radical (unpaired) electrons. The van der Waals surface area contributed by atoms with Gasteiger partial charge < -0.3 is 19.3 Å². The Morgan fingerprint density at radius 1 is 0.903 bits per heavy atom. The van der Waals surface area contributed by atoms with Crippen molar-refractivity contribution in [1.82, 2.24) is 5.48 Å². The fourth-order valence-electron chi connectivity index (χ4n) is 2.83. The number of hydrogen-bond acceptors (Lipinski definition) is 6. The minimum absolute atomic E-state index is 0.140. The van der Waals surface area contributed by atoms with Crippen molar-refractivity contribution in [2.75, 3.05) is 14.2 Å². The first-order chi connectivity index (χ1) is 15.1. The lowest BCUT2D eigenvalue weighted by Gasteiger charge is -2.12. The van der Waals surface area contributed by atoms with Gasteiger partial charge in [-0.1, -0.05) is 30.3 Å². The van der Waals surface area contributed by atoms with Gasteiger partial charge >= 0.3 is 5.97 Å². The monoisotopic (exact) mass is 421 g/mol. The van der Waals surface area contributed by atoms with Crippen molar-refractivity contribution in [3.05, 3.63) is 90.2 Å². The summed E-state index contributed by atoms with van der Waals surface area (Å²) in [7, 11) is 3.00. The molecule has 0 amide bonds. The third-order valence-corrected chi connectivity index (χ3v) is 4.18. The van der Waals surface area contributed by atoms with E-state index in [9.17, 15) is 4.79 Å². The van der Waals surface area contributed by atoms with Gasteiger partial charge in [0.15, 0.2) is 0 Å². The number of hydroxylamine groups is 1. The molecule has 0 saturated heterocycles. The lowest BCUT2D eigenvalue weighted by molar-refractivity contribution is -0.136. The summed E-state index contributed by atoms with van der Waals surface area (Å²) in [4.78, 5) is 16.1. The summed E-state index contributed by atoms with van der Waals surface area (Å²) in [6, 6.07) is 21.9. The lowest BCUT2D eigenvalue weighted by atomic mass is 10.1. The number of methoxy groups -OCH3 is 1. The number of ether oxygens (including phenoxy) is 3. The zero-order chi connectivity index (χ0) is 22.1. The van der Waals surface area contributed by atoms with E-state index in [1.165, 1.54) is 20.5 Å². The zero-order valence-corrected chi connectivity index (χ0v) is 17.2. The number of hydrogen-bond donors (Lipinski definition) is 2. The fourth-order valence-corrected chi connectivity index (χ4v) is 2.83. The van der Waals surface area contributed by atoms with Crippen molar-refractivity contribution in [1.29, 1.82) is 0 Å². The van der Waals surface area contributed by atoms with Crippen molar-refractivity contribution in [2.24, 2.45) is 0 Å². The molecule has 0 bridgehead atoms. The van der Waals surface area contributed by atoms with E-state index in [1.54, 1.807) is 18.2 Å². The number of carboxylic acids is 1. The van der Waals surface area contributed by atoms with Gasteiger partial charge in [0.05, 0.1) is 20.6 Å². The molecule has 0 aliphatic rings. The molecular weight excluding hydrogens is 398 g/mol. The normalized spacial score (nSPS) is 11.0. The second-order valence-electron chi connectivity index (χ2n) is 6.49. The molecular formula is C24H23NO6. The lowest BCUT2D eigenvalue weighted by Crippen LogP contribution is -2.11. The van der Waals surface area contributed by atoms with E-state index in [4.69, 9.17) is 24.2 Å². The largest absolute Gasteiger partial charge is 0.497 e. The molecule has 3 aromatic carbocycles. The Hall–Kier alpha value is -3.97. The minimum Gasteiger partial charge on any atom is -0.497 e. The Bertz CT molecular complexity index is 1050. The molecule has 7 heteroatoms. The van der Waals surface area contributed by atoms with Crippen LogP contribution < -0.4 is 19.7 Å². The number of nitrogens with one attached hydrogen (secondary N) is 1. The Balaban J connectivity index is 1.83. The molecule has 0 spiro atoms. The smallest absolute Gasteiger partial charge is 0.307 e. The molecule has 31 heavy (non-hydrogen) atoms. The Kier molecular flexibility index (Phi) is 7.50. The van der Waals surface area contributed by atoms with Crippen LogP contribution in [0.1, 0.15) is 11.1 Å². The molecule has 160 valence electrons. The Labute approximate surface area is 180 Å². The average molecular weight is 421 g/mol. The molecule has 0 aromatic heterocycles. The molecule has 0 atom stereocenters. The van der Waals surface area contributed by atoms with Gasteiger partial charge in [-0.15, -0.1) is 0 Å². The van der Waals surface area contributed by atoms with Gasteiger partial charge in [-0.05, 0) is 42.0 Å². The molecule has 0 aliphatic carbocycles. The van der Waals surface area contributed by atoms with Gasteiger partial charge in [-0.2, -0.15) is 0 Å². The van der Waals surface area contributed by atoms with E-state index in [2.05, 4.69) is 5.48 Å². The van der Waals surface area contributed by atoms with Gasteiger partial charge in [0.2, 0.25) is 0 Å². The van der Waals surface area contributed by atoms with Crippen LogP contribution in [0.15, 0.2) is 79.1 Å². The SMILES string of the molecule is CONC(=COc1cc(CC(=O)O)cc(OC)c1)c1cccc(Oc2ccccc2)c1. The summed E-state index contributed by atoms with van der Waals surface area (Å²) in [5.74, 6) is 1.37. The summed E-state index contributed by atoms with van der Waals surface area (Å²) >= 11 is 0. The molecule has 0 heterocycles. The summed E-state index contributed by atoms with van der Waals surface area (Å²) in [5, 5.41) is 9.06. The first-order valence-corrected chi connectivity index (χ1v) is 9.46. The second-order valence-corrected chi connectivity index (χ2v) is 6.49. The number of aliphatic carboxylic acids is 1. The van der Waals surface area contributed by atoms with Crippen LogP contribution >= 0.6 is 0 Å². The third kappa shape index (κ3) is 6.52. The van der Waals surface area contributed by atoms with Gasteiger partial charge in [0.1, 0.15) is 35.0 Å². The van der Waals surface area contributed by atoms with Crippen LogP contribution in [0.5, 0.6) is 23.0 Å². The molecule has 0 aliphatic heterocycles. The van der Waals surface area contributed by atoms with E-state index >= 15 is 0 Å². The Morgan fingerprint density at radius 2 is 1.65 bits per heavy atom. The van der Waals surface area contributed by atoms with Crippen LogP contribution in [0, 0.1) is 0 Å². The molecule has 0 saturated carbocycles. The predicted octanol–water partition coefficient (Wildman–Crippen LogP) is 4.64. The van der Waals surface area contributed by atoms with Crippen molar-refractivity contribution in [3.63, 3.8) is 0 Å². The van der Waals surface area contributed by atoms with E-state index in [-0.39, 0.29) is 6.42 Å². The van der Waals surface area contributed by atoms with E-state index in [0.717, 1.165) is 11.3 Å². The highest BCUT2D eigenvalue weighted by atomic mass is 16.6. The second kappa shape index (κ2) is 10.7. The summed E-state index contributed by atoms with van der Waals surface area (Å²) in [6.45, 7) is 0. The van der Waals surface area contributed by atoms with Crippen molar-refractivity contribution in [3.8, 4) is 23.0 Å². The van der Waals surface area contributed by atoms with Gasteiger partial charge in [0, 0.05) is 11.6 Å². The number of para-hydroxylation sites is 1. The van der Waals surface area contributed by atoms with Crippen molar-refractivity contribution >= 4 is 11.7 Å². The number of carbonyl (C=O) groups is 1. The van der Waals surface area contributed by atoms with Gasteiger partial charge in [-0.3, -0.25) is 15.1 Å². The molecule has 3 rings (SSSR count). The first-order valence-electron chi connectivity index (χ1n) is 9.46. The molecule has 0 unspecified atom stereocenters. The highest BCUT2D eigenvalue weighted by Gasteiger charge is 2.08. The van der Waals surface area contributed by atoms with E-state index < -0.39 is 5.97 Å². The van der Waals surface area contributed by atoms with E-state index in [1.807, 2.05) is 54.6 Å². The summed E-state index contributed by atoms with van der Waals surface area (Å²) in [5.41, 5.74) is 4.67. The number of benzene rings is 3. The summed E-state index contributed by atoms with van der Waals surface area (Å²) < 4.78 is 16.9. The Morgan fingerprint density at radius 3 is 2.35 bits per heavy atom. The highest BCUT2D eigenvalue weighted by molar-refractivity contribution is 5.70. The maximum absolute atomic E-state index is 11.0. The van der Waals surface area contributed by atoms with Crippen molar-refractivity contribution < 1.29 is 28.9 Å². The summed E-state index contributed by atoms with van der Waals surface area (Å²) in [6.07, 6.45) is 1.34. The standard InChI is InChI=1S/C24H23NO6/c1-28-21-11-17(13-24(26)27)12-22(15-21)30-16-23(25-29-2)18-7-6-10-20(14-18)31-19-8-4-3-5-9-19/h3-12,14-16,25H,13H2,1-2H3,(H,26,27).